The highest BCUT2D eigenvalue weighted by Crippen LogP contribution is 2.13. The molecule has 0 fully saturated rings. The van der Waals surface area contributed by atoms with Crippen LogP contribution in [0, 0.1) is 5.92 Å². The summed E-state index contributed by atoms with van der Waals surface area (Å²) in [5.74, 6) is -0.259. The zero-order valence-corrected chi connectivity index (χ0v) is 16.2. The van der Waals surface area contributed by atoms with E-state index in [0.29, 0.717) is 18.0 Å². The molecule has 144 valence electrons. The van der Waals surface area contributed by atoms with Crippen LogP contribution in [0.1, 0.15) is 52.5 Å². The van der Waals surface area contributed by atoms with Crippen molar-refractivity contribution in [3.05, 3.63) is 29.8 Å². The Morgan fingerprint density at radius 3 is 2.23 bits per heavy atom. The first-order valence-corrected chi connectivity index (χ1v) is 9.27. The van der Waals surface area contributed by atoms with Crippen molar-refractivity contribution >= 4 is 23.4 Å². The van der Waals surface area contributed by atoms with E-state index in [4.69, 9.17) is 0 Å². The topological polar surface area (TPSA) is 87.3 Å². The highest BCUT2D eigenvalue weighted by atomic mass is 16.2. The average molecular weight is 361 g/mol. The summed E-state index contributed by atoms with van der Waals surface area (Å²) < 4.78 is 0. The molecule has 1 aromatic carbocycles. The van der Waals surface area contributed by atoms with Gasteiger partial charge in [0, 0.05) is 12.1 Å². The van der Waals surface area contributed by atoms with Crippen LogP contribution in [-0.2, 0) is 20.8 Å². The molecule has 1 atom stereocenters. The number of carbonyl (C=O) groups excluding carboxylic acids is 3. The number of anilines is 1. The third-order valence-electron chi connectivity index (χ3n) is 3.84. The molecule has 0 saturated heterocycles. The van der Waals surface area contributed by atoms with Crippen LogP contribution in [0.25, 0.3) is 0 Å². The summed E-state index contributed by atoms with van der Waals surface area (Å²) in [7, 11) is 0. The second kappa shape index (κ2) is 11.3. The highest BCUT2D eigenvalue weighted by molar-refractivity contribution is 5.97. The van der Waals surface area contributed by atoms with Crippen LogP contribution >= 0.6 is 0 Å². The van der Waals surface area contributed by atoms with E-state index in [1.165, 1.54) is 5.56 Å². The van der Waals surface area contributed by atoms with E-state index in [9.17, 15) is 14.4 Å². The fourth-order valence-electron chi connectivity index (χ4n) is 2.41. The van der Waals surface area contributed by atoms with Gasteiger partial charge in [0.05, 0.1) is 6.54 Å². The third-order valence-corrected chi connectivity index (χ3v) is 3.84. The van der Waals surface area contributed by atoms with E-state index in [-0.39, 0.29) is 24.3 Å². The van der Waals surface area contributed by atoms with Gasteiger partial charge in [-0.15, -0.1) is 0 Å². The molecule has 0 aliphatic rings. The Bertz CT molecular complexity index is 597. The number of amides is 3. The van der Waals surface area contributed by atoms with Crippen LogP contribution in [0.15, 0.2) is 24.3 Å². The first-order valence-electron chi connectivity index (χ1n) is 9.27. The van der Waals surface area contributed by atoms with E-state index in [1.807, 2.05) is 31.2 Å². The van der Waals surface area contributed by atoms with Crippen molar-refractivity contribution in [1.29, 1.82) is 0 Å². The summed E-state index contributed by atoms with van der Waals surface area (Å²) in [6, 6.07) is 7.01. The van der Waals surface area contributed by atoms with Crippen LogP contribution in [-0.4, -0.2) is 30.3 Å². The van der Waals surface area contributed by atoms with Crippen molar-refractivity contribution in [3.8, 4) is 0 Å². The molecule has 1 rings (SSSR count). The minimum atomic E-state index is -0.689. The number of hydrogen-bond acceptors (Lipinski definition) is 3. The van der Waals surface area contributed by atoms with Gasteiger partial charge in [0.15, 0.2) is 0 Å². The van der Waals surface area contributed by atoms with Crippen molar-refractivity contribution in [3.63, 3.8) is 0 Å². The number of rotatable bonds is 10. The monoisotopic (exact) mass is 361 g/mol. The Labute approximate surface area is 156 Å². The summed E-state index contributed by atoms with van der Waals surface area (Å²) in [5.41, 5.74) is 1.91. The van der Waals surface area contributed by atoms with Gasteiger partial charge in [-0.05, 0) is 43.4 Å². The second-order valence-corrected chi connectivity index (χ2v) is 6.95. The lowest BCUT2D eigenvalue weighted by Crippen LogP contribution is -2.45. The molecule has 3 N–H and O–H groups in total. The Balaban J connectivity index is 2.39. The molecule has 6 heteroatoms. The predicted molar refractivity (Wildman–Crippen MR) is 104 cm³/mol. The van der Waals surface area contributed by atoms with Crippen molar-refractivity contribution in [2.24, 2.45) is 5.92 Å². The fourth-order valence-corrected chi connectivity index (χ4v) is 2.41. The maximum absolute atomic E-state index is 12.2. The van der Waals surface area contributed by atoms with E-state index in [0.717, 1.165) is 19.3 Å². The van der Waals surface area contributed by atoms with Crippen LogP contribution < -0.4 is 16.0 Å². The van der Waals surface area contributed by atoms with E-state index in [2.05, 4.69) is 29.8 Å². The van der Waals surface area contributed by atoms with Crippen molar-refractivity contribution in [1.82, 2.24) is 10.6 Å². The molecule has 0 aromatic heterocycles. The molecule has 26 heavy (non-hydrogen) atoms. The SMILES string of the molecule is CCCCC(=O)NCC(=O)NC(C)C(=O)Nc1ccc(CC(C)C)cc1. The van der Waals surface area contributed by atoms with Gasteiger partial charge in [0.25, 0.3) is 0 Å². The van der Waals surface area contributed by atoms with Gasteiger partial charge >= 0.3 is 0 Å². The zero-order valence-electron chi connectivity index (χ0n) is 16.2. The van der Waals surface area contributed by atoms with Crippen LogP contribution in [0.5, 0.6) is 0 Å². The Hall–Kier alpha value is -2.37. The summed E-state index contributed by atoms with van der Waals surface area (Å²) in [4.78, 5) is 35.5. The van der Waals surface area contributed by atoms with E-state index >= 15 is 0 Å². The molecule has 6 nitrogen and oxygen atoms in total. The largest absolute Gasteiger partial charge is 0.347 e. The van der Waals surface area contributed by atoms with Gasteiger partial charge in [-0.1, -0.05) is 39.3 Å². The number of nitrogens with one attached hydrogen (secondary N) is 3. The first kappa shape index (κ1) is 21.7. The van der Waals surface area contributed by atoms with E-state index in [1.54, 1.807) is 6.92 Å². The Morgan fingerprint density at radius 1 is 1.00 bits per heavy atom. The molecule has 1 aromatic rings. The molecule has 0 spiro atoms. The molecule has 0 bridgehead atoms. The highest BCUT2D eigenvalue weighted by Gasteiger charge is 2.16. The quantitative estimate of drug-likeness (QED) is 0.599. The summed E-state index contributed by atoms with van der Waals surface area (Å²) in [5, 5.41) is 7.91. The predicted octanol–water partition coefficient (Wildman–Crippen LogP) is 2.63. The number of carbonyl (C=O) groups is 3. The van der Waals surface area contributed by atoms with Gasteiger partial charge < -0.3 is 16.0 Å². The lowest BCUT2D eigenvalue weighted by Gasteiger charge is -2.15. The summed E-state index contributed by atoms with van der Waals surface area (Å²) in [6.07, 6.45) is 3.12. The van der Waals surface area contributed by atoms with Gasteiger partial charge in [-0.3, -0.25) is 14.4 Å². The van der Waals surface area contributed by atoms with Gasteiger partial charge in [-0.2, -0.15) is 0 Å². The molecule has 0 aliphatic carbocycles. The lowest BCUT2D eigenvalue weighted by atomic mass is 10.0. The Kier molecular flexibility index (Phi) is 9.41. The second-order valence-electron chi connectivity index (χ2n) is 6.95. The van der Waals surface area contributed by atoms with Crippen molar-refractivity contribution in [2.45, 2.75) is 59.4 Å². The normalized spacial score (nSPS) is 11.7. The zero-order chi connectivity index (χ0) is 19.5. The van der Waals surface area contributed by atoms with Gasteiger partial charge in [-0.25, -0.2) is 0 Å². The molecule has 0 heterocycles. The van der Waals surface area contributed by atoms with Crippen LogP contribution in [0.4, 0.5) is 5.69 Å². The number of unbranched alkanes of at least 4 members (excludes halogenated alkanes) is 1. The average Bonchev–Trinajstić information content (AvgIpc) is 2.59. The molecule has 3 amide bonds. The molecule has 0 radical (unpaired) electrons. The fraction of sp³-hybridized carbons (Fsp3) is 0.550. The molecular weight excluding hydrogens is 330 g/mol. The molecular formula is C20H31N3O3. The van der Waals surface area contributed by atoms with Crippen LogP contribution in [0.3, 0.4) is 0 Å². The number of hydrogen-bond donors (Lipinski definition) is 3. The van der Waals surface area contributed by atoms with Gasteiger partial charge in [0.2, 0.25) is 17.7 Å². The molecule has 0 aliphatic heterocycles. The van der Waals surface area contributed by atoms with Crippen molar-refractivity contribution < 1.29 is 14.4 Å². The Morgan fingerprint density at radius 2 is 1.65 bits per heavy atom. The maximum atomic E-state index is 12.2. The van der Waals surface area contributed by atoms with E-state index < -0.39 is 6.04 Å². The summed E-state index contributed by atoms with van der Waals surface area (Å²) in [6.45, 7) is 7.81. The van der Waals surface area contributed by atoms with Crippen molar-refractivity contribution in [2.75, 3.05) is 11.9 Å². The standard InChI is InChI=1S/C20H31N3O3/c1-5-6-7-18(24)21-13-19(25)22-15(4)20(26)23-17-10-8-16(9-11-17)12-14(2)3/h8-11,14-15H,5-7,12-13H2,1-4H3,(H,21,24)(H,22,25)(H,23,26). The molecule has 1 unspecified atom stereocenters. The smallest absolute Gasteiger partial charge is 0.246 e. The minimum absolute atomic E-state index is 0.121. The third kappa shape index (κ3) is 8.65. The summed E-state index contributed by atoms with van der Waals surface area (Å²) >= 11 is 0. The molecule has 0 saturated carbocycles. The van der Waals surface area contributed by atoms with Crippen LogP contribution in [0.2, 0.25) is 0 Å². The number of benzene rings is 1. The maximum Gasteiger partial charge on any atom is 0.246 e. The minimum Gasteiger partial charge on any atom is -0.347 e. The lowest BCUT2D eigenvalue weighted by molar-refractivity contribution is -0.128. The first-order chi connectivity index (χ1) is 12.3. The van der Waals surface area contributed by atoms with Gasteiger partial charge in [0.1, 0.15) is 6.04 Å².